The van der Waals surface area contributed by atoms with E-state index in [4.69, 9.17) is 46.4 Å². The average molecular weight is 622 g/mol. The molecule has 0 aliphatic rings. The minimum absolute atomic E-state index is 0.0591. The van der Waals surface area contributed by atoms with Crippen LogP contribution in [0.25, 0.3) is 0 Å². The van der Waals surface area contributed by atoms with Gasteiger partial charge in [0.15, 0.2) is 5.78 Å². The molecular weight excluding hydrogens is 602 g/mol. The van der Waals surface area contributed by atoms with E-state index in [0.717, 1.165) is 4.31 Å². The largest absolute Gasteiger partial charge is 0.324 e. The number of sulfonamides is 1. The third-order valence-electron chi connectivity index (χ3n) is 5.67. The maximum absolute atomic E-state index is 13.6. The fraction of sp³-hybridized carbons (Fsp3) is 0.0714. The highest BCUT2D eigenvalue weighted by molar-refractivity contribution is 7.89. The second-order valence-corrected chi connectivity index (χ2v) is 12.1. The SMILES string of the molecule is O=C(CN(Cc1ccc(Cl)cc1Cl)S(=O)(=O)c1ccc(Cl)cc1)Nc1ccc(Cl)cc1C(=O)c1ccccc1. The van der Waals surface area contributed by atoms with E-state index in [2.05, 4.69) is 5.32 Å². The molecule has 0 saturated carbocycles. The Hall–Kier alpha value is -2.91. The second kappa shape index (κ2) is 12.5. The number of nitrogens with zero attached hydrogens (tertiary/aromatic N) is 1. The molecular formula is C28H20Cl4N2O4S. The quantitative estimate of drug-likeness (QED) is 0.198. The summed E-state index contributed by atoms with van der Waals surface area (Å²) in [7, 11) is -4.17. The molecule has 1 amide bonds. The van der Waals surface area contributed by atoms with Crippen molar-refractivity contribution in [2.75, 3.05) is 11.9 Å². The lowest BCUT2D eigenvalue weighted by Gasteiger charge is -2.23. The van der Waals surface area contributed by atoms with E-state index in [0.29, 0.717) is 26.2 Å². The third kappa shape index (κ3) is 7.19. The van der Waals surface area contributed by atoms with Gasteiger partial charge in [0.1, 0.15) is 0 Å². The van der Waals surface area contributed by atoms with Crippen LogP contribution in [-0.2, 0) is 21.4 Å². The molecule has 200 valence electrons. The van der Waals surface area contributed by atoms with Crippen LogP contribution >= 0.6 is 46.4 Å². The predicted molar refractivity (Wildman–Crippen MR) is 155 cm³/mol. The molecule has 0 aromatic heterocycles. The molecule has 0 unspecified atom stereocenters. The summed E-state index contributed by atoms with van der Waals surface area (Å²) >= 11 is 24.4. The van der Waals surface area contributed by atoms with Crippen molar-refractivity contribution in [1.82, 2.24) is 4.31 Å². The van der Waals surface area contributed by atoms with Gasteiger partial charge in [0.25, 0.3) is 0 Å². The van der Waals surface area contributed by atoms with Crippen molar-refractivity contribution < 1.29 is 18.0 Å². The van der Waals surface area contributed by atoms with Crippen molar-refractivity contribution in [1.29, 1.82) is 0 Å². The molecule has 0 spiro atoms. The zero-order valence-corrected chi connectivity index (χ0v) is 23.9. The van der Waals surface area contributed by atoms with E-state index in [1.807, 2.05) is 0 Å². The van der Waals surface area contributed by atoms with Crippen LogP contribution in [0.5, 0.6) is 0 Å². The van der Waals surface area contributed by atoms with Crippen LogP contribution in [0, 0.1) is 0 Å². The van der Waals surface area contributed by atoms with Crippen LogP contribution in [0.4, 0.5) is 5.69 Å². The predicted octanol–water partition coefficient (Wildman–Crippen LogP) is 7.36. The van der Waals surface area contributed by atoms with Gasteiger partial charge < -0.3 is 5.32 Å². The molecule has 39 heavy (non-hydrogen) atoms. The Morgan fingerprint density at radius 1 is 0.744 bits per heavy atom. The van der Waals surface area contributed by atoms with Crippen LogP contribution < -0.4 is 5.32 Å². The van der Waals surface area contributed by atoms with Gasteiger partial charge in [-0.15, -0.1) is 0 Å². The fourth-order valence-electron chi connectivity index (χ4n) is 3.73. The molecule has 0 bridgehead atoms. The first-order chi connectivity index (χ1) is 18.5. The number of carbonyl (C=O) groups excluding carboxylic acids is 2. The molecule has 0 saturated heterocycles. The minimum Gasteiger partial charge on any atom is -0.324 e. The number of ketones is 1. The van der Waals surface area contributed by atoms with Gasteiger partial charge in [-0.1, -0.05) is 82.8 Å². The minimum atomic E-state index is -4.17. The molecule has 11 heteroatoms. The number of nitrogens with one attached hydrogen (secondary N) is 1. The highest BCUT2D eigenvalue weighted by Crippen LogP contribution is 2.27. The summed E-state index contributed by atoms with van der Waals surface area (Å²) in [6.45, 7) is -0.795. The van der Waals surface area contributed by atoms with Crippen LogP contribution in [0.2, 0.25) is 20.1 Å². The third-order valence-corrected chi connectivity index (χ3v) is 8.55. The van der Waals surface area contributed by atoms with Crippen molar-refractivity contribution in [3.05, 3.63) is 128 Å². The standard InChI is InChI=1S/C28H20Cl4N2O4S/c29-20-8-11-23(12-9-20)39(37,38)34(16-19-6-7-22(31)15-25(19)32)17-27(35)33-26-13-10-21(30)14-24(26)28(36)18-4-2-1-3-5-18/h1-15H,16-17H2,(H,33,35). The monoisotopic (exact) mass is 620 g/mol. The number of hydrogen-bond donors (Lipinski definition) is 1. The molecule has 4 aromatic rings. The molecule has 0 aliphatic heterocycles. The summed E-state index contributed by atoms with van der Waals surface area (Å²) in [6.07, 6.45) is 0. The van der Waals surface area contributed by atoms with Crippen molar-refractivity contribution in [3.8, 4) is 0 Å². The highest BCUT2D eigenvalue weighted by Gasteiger charge is 2.28. The van der Waals surface area contributed by atoms with Gasteiger partial charge in [0.05, 0.1) is 17.1 Å². The molecule has 0 aliphatic carbocycles. The number of rotatable bonds is 9. The van der Waals surface area contributed by atoms with Crippen molar-refractivity contribution in [3.63, 3.8) is 0 Å². The zero-order valence-electron chi connectivity index (χ0n) is 20.1. The summed E-state index contributed by atoms with van der Waals surface area (Å²) in [6, 6.07) is 23.2. The van der Waals surface area contributed by atoms with Crippen LogP contribution in [0.3, 0.4) is 0 Å². The Kier molecular flexibility index (Phi) is 9.33. The number of halogens is 4. The number of hydrogen-bond acceptors (Lipinski definition) is 4. The first-order valence-corrected chi connectivity index (χ1v) is 14.4. The molecule has 0 heterocycles. The van der Waals surface area contributed by atoms with Gasteiger partial charge in [-0.05, 0) is 60.2 Å². The summed E-state index contributed by atoms with van der Waals surface area (Å²) in [4.78, 5) is 26.3. The summed E-state index contributed by atoms with van der Waals surface area (Å²) in [5.41, 5.74) is 1.19. The lowest BCUT2D eigenvalue weighted by Crippen LogP contribution is -2.37. The average Bonchev–Trinajstić information content (AvgIpc) is 2.91. The Bertz CT molecular complexity index is 1630. The van der Waals surface area contributed by atoms with E-state index in [-0.39, 0.29) is 33.5 Å². The molecule has 4 rings (SSSR count). The van der Waals surface area contributed by atoms with Gasteiger partial charge in [-0.25, -0.2) is 8.42 Å². The lowest BCUT2D eigenvalue weighted by atomic mass is 10.0. The first-order valence-electron chi connectivity index (χ1n) is 11.4. The number of anilines is 1. The van der Waals surface area contributed by atoms with E-state index >= 15 is 0 Å². The van der Waals surface area contributed by atoms with Crippen LogP contribution in [-0.4, -0.2) is 31.0 Å². The summed E-state index contributed by atoms with van der Waals surface area (Å²) < 4.78 is 28.1. The first kappa shape index (κ1) is 29.1. The Morgan fingerprint density at radius 2 is 1.36 bits per heavy atom. The smallest absolute Gasteiger partial charge is 0.243 e. The van der Waals surface area contributed by atoms with E-state index in [9.17, 15) is 18.0 Å². The van der Waals surface area contributed by atoms with Crippen molar-refractivity contribution in [2.24, 2.45) is 0 Å². The fourth-order valence-corrected chi connectivity index (χ4v) is 5.87. The van der Waals surface area contributed by atoms with Crippen molar-refractivity contribution >= 4 is 73.8 Å². The van der Waals surface area contributed by atoms with E-state index in [1.165, 1.54) is 48.5 Å². The van der Waals surface area contributed by atoms with Gasteiger partial charge in [-0.2, -0.15) is 4.31 Å². The second-order valence-electron chi connectivity index (χ2n) is 8.40. The number of carbonyl (C=O) groups is 2. The molecule has 1 N–H and O–H groups in total. The summed E-state index contributed by atoms with van der Waals surface area (Å²) in [5.74, 6) is -1.03. The number of amides is 1. The molecule has 0 atom stereocenters. The van der Waals surface area contributed by atoms with Crippen LogP contribution in [0.15, 0.2) is 95.9 Å². The Balaban J connectivity index is 1.65. The maximum Gasteiger partial charge on any atom is 0.243 e. The normalized spacial score (nSPS) is 11.4. The van der Waals surface area contributed by atoms with Gasteiger partial charge in [0.2, 0.25) is 15.9 Å². The Labute approximate surface area is 246 Å². The van der Waals surface area contributed by atoms with Gasteiger partial charge in [0, 0.05) is 37.8 Å². The van der Waals surface area contributed by atoms with Gasteiger partial charge in [-0.3, -0.25) is 9.59 Å². The zero-order chi connectivity index (χ0) is 28.2. The molecule has 0 fully saturated rings. The van der Waals surface area contributed by atoms with Gasteiger partial charge >= 0.3 is 0 Å². The van der Waals surface area contributed by atoms with Crippen LogP contribution in [0.1, 0.15) is 21.5 Å². The topological polar surface area (TPSA) is 83.6 Å². The van der Waals surface area contributed by atoms with E-state index in [1.54, 1.807) is 42.5 Å². The molecule has 0 radical (unpaired) electrons. The Morgan fingerprint density at radius 3 is 2.03 bits per heavy atom. The summed E-state index contributed by atoms with van der Waals surface area (Å²) in [5, 5.41) is 3.95. The van der Waals surface area contributed by atoms with Crippen molar-refractivity contribution in [2.45, 2.75) is 11.4 Å². The number of benzene rings is 4. The molecule has 6 nitrogen and oxygen atoms in total. The lowest BCUT2D eigenvalue weighted by molar-refractivity contribution is -0.116. The molecule has 4 aromatic carbocycles. The maximum atomic E-state index is 13.6. The van der Waals surface area contributed by atoms with E-state index < -0.39 is 22.5 Å². The highest BCUT2D eigenvalue weighted by atomic mass is 35.5.